The first-order chi connectivity index (χ1) is 11.5. The normalized spacial score (nSPS) is 28.8. The fourth-order valence-electron chi connectivity index (χ4n) is 3.56. The molecule has 1 aliphatic carbocycles. The summed E-state index contributed by atoms with van der Waals surface area (Å²) >= 11 is 1.72. The van der Waals surface area contributed by atoms with Gasteiger partial charge in [-0.1, -0.05) is 6.92 Å². The van der Waals surface area contributed by atoms with Crippen LogP contribution in [0.5, 0.6) is 0 Å². The molecule has 1 aromatic rings. The van der Waals surface area contributed by atoms with Crippen molar-refractivity contribution in [1.29, 1.82) is 0 Å². The lowest BCUT2D eigenvalue weighted by Crippen LogP contribution is -2.44. The molecule has 0 saturated carbocycles. The summed E-state index contributed by atoms with van der Waals surface area (Å²) in [5, 5.41) is 13.6. The molecule has 0 bridgehead atoms. The molecule has 3 aliphatic rings. The summed E-state index contributed by atoms with van der Waals surface area (Å²) in [6.45, 7) is 2.25. The van der Waals surface area contributed by atoms with E-state index in [2.05, 4.69) is 12.2 Å². The molecule has 1 amide bonds. The van der Waals surface area contributed by atoms with Crippen LogP contribution < -0.4 is 5.32 Å². The number of carbonyl (C=O) groups excluding carboxylic acids is 1. The molecule has 6 nitrogen and oxygen atoms in total. The number of nitrogens with one attached hydrogen (secondary N) is 1. The van der Waals surface area contributed by atoms with Gasteiger partial charge in [0.1, 0.15) is 11.2 Å². The summed E-state index contributed by atoms with van der Waals surface area (Å²) in [5.41, 5.74) is 2.00. The molecule has 3 atom stereocenters. The highest BCUT2D eigenvalue weighted by molar-refractivity contribution is 8.04. The van der Waals surface area contributed by atoms with E-state index in [-0.39, 0.29) is 22.9 Å². The van der Waals surface area contributed by atoms with Crippen LogP contribution in [0.3, 0.4) is 0 Å². The Balaban J connectivity index is 1.62. The average Bonchev–Trinajstić information content (AvgIpc) is 2.92. The summed E-state index contributed by atoms with van der Waals surface area (Å²) in [7, 11) is 0. The molecule has 2 heterocycles. The largest absolute Gasteiger partial charge is 0.310 e. The zero-order valence-corrected chi connectivity index (χ0v) is 14.0. The van der Waals surface area contributed by atoms with Crippen molar-refractivity contribution in [2.45, 2.75) is 31.6 Å². The maximum absolute atomic E-state index is 12.6. The van der Waals surface area contributed by atoms with Gasteiger partial charge in [-0.2, -0.15) is 0 Å². The number of benzene rings is 1. The van der Waals surface area contributed by atoms with Crippen molar-refractivity contribution >= 4 is 29.2 Å². The fraction of sp³-hybridized carbons (Fsp3) is 0.412. The van der Waals surface area contributed by atoms with Gasteiger partial charge in [0.2, 0.25) is 5.91 Å². The second kappa shape index (κ2) is 5.73. The highest BCUT2D eigenvalue weighted by atomic mass is 32.2. The number of nitro groups is 1. The van der Waals surface area contributed by atoms with Crippen molar-refractivity contribution < 1.29 is 9.72 Å². The van der Waals surface area contributed by atoms with Crippen molar-refractivity contribution in [3.63, 3.8) is 0 Å². The van der Waals surface area contributed by atoms with Crippen LogP contribution in [-0.4, -0.2) is 22.0 Å². The predicted molar refractivity (Wildman–Crippen MR) is 92.7 cm³/mol. The summed E-state index contributed by atoms with van der Waals surface area (Å²) in [6, 6.07) is 6.13. The minimum Gasteiger partial charge on any atom is -0.310 e. The maximum Gasteiger partial charge on any atom is 0.269 e. The molecular formula is C17H17N3O3S. The standard InChI is InChI=1S/C17H17N3O3S/c1-9-2-7-12-13(8-9)24-17-14(12)16(21)18-15(19-17)10-3-5-11(6-4-10)20(22)23/h3-6,9,14,17H,2,7-8H2,1H3,(H,18,19,21)/t9-,14-,17-/m1/s1. The molecule has 4 rings (SSSR count). The van der Waals surface area contributed by atoms with Crippen LogP contribution in [0.25, 0.3) is 0 Å². The van der Waals surface area contributed by atoms with Gasteiger partial charge < -0.3 is 5.32 Å². The summed E-state index contributed by atoms with van der Waals surface area (Å²) in [6.07, 6.45) is 3.16. The van der Waals surface area contributed by atoms with E-state index in [1.54, 1.807) is 23.9 Å². The Bertz CT molecular complexity index is 785. The number of aliphatic imine (C=N–C) groups is 1. The van der Waals surface area contributed by atoms with Gasteiger partial charge in [0.05, 0.1) is 10.8 Å². The number of fused-ring (bicyclic) bond motifs is 2. The lowest BCUT2D eigenvalue weighted by molar-refractivity contribution is -0.384. The monoisotopic (exact) mass is 343 g/mol. The Morgan fingerprint density at radius 1 is 1.33 bits per heavy atom. The Morgan fingerprint density at radius 2 is 2.08 bits per heavy atom. The lowest BCUT2D eigenvalue weighted by Gasteiger charge is -2.26. The number of hydrogen-bond donors (Lipinski definition) is 1. The first-order valence-electron chi connectivity index (χ1n) is 8.05. The number of amidine groups is 1. The molecule has 0 fully saturated rings. The fourth-order valence-corrected chi connectivity index (χ4v) is 5.19. The zero-order chi connectivity index (χ0) is 16.8. The van der Waals surface area contributed by atoms with Gasteiger partial charge in [-0.25, -0.2) is 0 Å². The molecule has 2 aliphatic heterocycles. The van der Waals surface area contributed by atoms with E-state index >= 15 is 0 Å². The molecule has 7 heteroatoms. The Hall–Kier alpha value is -2.15. The van der Waals surface area contributed by atoms with Crippen molar-refractivity contribution in [1.82, 2.24) is 5.32 Å². The minimum atomic E-state index is -0.437. The summed E-state index contributed by atoms with van der Waals surface area (Å²) < 4.78 is 0. The molecule has 0 radical (unpaired) electrons. The van der Waals surface area contributed by atoms with Crippen LogP contribution in [0.2, 0.25) is 0 Å². The number of nitrogens with zero attached hydrogens (tertiary/aromatic N) is 2. The number of amides is 1. The van der Waals surface area contributed by atoms with Crippen LogP contribution in [-0.2, 0) is 4.79 Å². The van der Waals surface area contributed by atoms with E-state index < -0.39 is 4.92 Å². The van der Waals surface area contributed by atoms with E-state index in [9.17, 15) is 14.9 Å². The number of nitro benzene ring substituents is 1. The van der Waals surface area contributed by atoms with Crippen molar-refractivity contribution in [3.8, 4) is 0 Å². The molecule has 124 valence electrons. The number of non-ortho nitro benzene ring substituents is 1. The van der Waals surface area contributed by atoms with E-state index in [4.69, 9.17) is 4.99 Å². The third kappa shape index (κ3) is 2.53. The van der Waals surface area contributed by atoms with Gasteiger partial charge in [-0.15, -0.1) is 11.8 Å². The molecule has 0 unspecified atom stereocenters. The number of allylic oxidation sites excluding steroid dienone is 1. The molecule has 24 heavy (non-hydrogen) atoms. The van der Waals surface area contributed by atoms with Crippen LogP contribution in [0.1, 0.15) is 31.7 Å². The average molecular weight is 343 g/mol. The number of thioether (sulfide) groups is 1. The highest BCUT2D eigenvalue weighted by Gasteiger charge is 2.44. The van der Waals surface area contributed by atoms with Crippen LogP contribution in [0.4, 0.5) is 5.69 Å². The van der Waals surface area contributed by atoms with Gasteiger partial charge in [0.15, 0.2) is 0 Å². The number of hydrogen-bond acceptors (Lipinski definition) is 5. The van der Waals surface area contributed by atoms with E-state index in [0.29, 0.717) is 17.3 Å². The van der Waals surface area contributed by atoms with Crippen LogP contribution >= 0.6 is 11.8 Å². The van der Waals surface area contributed by atoms with Crippen LogP contribution in [0.15, 0.2) is 39.7 Å². The first kappa shape index (κ1) is 15.4. The molecule has 0 aromatic heterocycles. The van der Waals surface area contributed by atoms with E-state index in [0.717, 1.165) is 19.3 Å². The van der Waals surface area contributed by atoms with E-state index in [1.807, 2.05) is 0 Å². The Labute approximate surface area is 143 Å². The topological polar surface area (TPSA) is 84.6 Å². The minimum absolute atomic E-state index is 0.00425. The van der Waals surface area contributed by atoms with Gasteiger partial charge in [-0.05, 0) is 47.8 Å². The molecular weight excluding hydrogens is 326 g/mol. The summed E-state index contributed by atoms with van der Waals surface area (Å²) in [5.74, 6) is 1.02. The van der Waals surface area contributed by atoms with Crippen molar-refractivity contribution in [3.05, 3.63) is 50.4 Å². The molecule has 1 N–H and O–H groups in total. The van der Waals surface area contributed by atoms with Gasteiger partial charge in [0, 0.05) is 17.7 Å². The lowest BCUT2D eigenvalue weighted by atomic mass is 9.84. The molecule has 0 saturated heterocycles. The molecule has 0 spiro atoms. The number of rotatable bonds is 2. The Kier molecular flexibility index (Phi) is 3.68. The Morgan fingerprint density at radius 3 is 2.79 bits per heavy atom. The third-order valence-corrected chi connectivity index (χ3v) is 6.19. The second-order valence-corrected chi connectivity index (χ2v) is 7.76. The predicted octanol–water partition coefficient (Wildman–Crippen LogP) is 3.23. The first-order valence-corrected chi connectivity index (χ1v) is 8.93. The smallest absolute Gasteiger partial charge is 0.269 e. The third-order valence-electron chi connectivity index (χ3n) is 4.85. The van der Waals surface area contributed by atoms with Gasteiger partial charge in [0.25, 0.3) is 5.69 Å². The SMILES string of the molecule is C[C@@H]1CCC2=C(C1)S[C@H]1N=C(c3ccc([N+](=O)[O-])cc3)NC(=O)[C@@H]21. The van der Waals surface area contributed by atoms with E-state index in [1.165, 1.54) is 22.6 Å². The zero-order valence-electron chi connectivity index (χ0n) is 13.2. The molecule has 1 aromatic carbocycles. The van der Waals surface area contributed by atoms with Gasteiger partial charge >= 0.3 is 0 Å². The highest BCUT2D eigenvalue weighted by Crippen LogP contribution is 2.51. The summed E-state index contributed by atoms with van der Waals surface area (Å²) in [4.78, 5) is 29.0. The number of carbonyl (C=O) groups is 1. The second-order valence-electron chi connectivity index (χ2n) is 6.55. The van der Waals surface area contributed by atoms with Crippen molar-refractivity contribution in [2.24, 2.45) is 16.8 Å². The maximum atomic E-state index is 12.6. The van der Waals surface area contributed by atoms with Gasteiger partial charge in [-0.3, -0.25) is 19.9 Å². The van der Waals surface area contributed by atoms with Crippen molar-refractivity contribution in [2.75, 3.05) is 0 Å². The van der Waals surface area contributed by atoms with Crippen LogP contribution in [0, 0.1) is 22.0 Å². The quantitative estimate of drug-likeness (QED) is 0.660.